The van der Waals surface area contributed by atoms with Gasteiger partial charge in [-0.15, -0.1) is 0 Å². The Labute approximate surface area is 184 Å². The third-order valence-electron chi connectivity index (χ3n) is 5.13. The van der Waals surface area contributed by atoms with Crippen LogP contribution >= 0.6 is 15.9 Å². The van der Waals surface area contributed by atoms with Crippen molar-refractivity contribution >= 4 is 27.5 Å². The molecule has 3 aromatic carbocycles. The summed E-state index contributed by atoms with van der Waals surface area (Å²) in [5.41, 5.74) is 3.33. The van der Waals surface area contributed by atoms with Crippen molar-refractivity contribution in [1.29, 1.82) is 0 Å². The quantitative estimate of drug-likeness (QED) is 0.503. The Morgan fingerprint density at radius 3 is 2.33 bits per heavy atom. The number of nitrogens with zero attached hydrogens (tertiary/aromatic N) is 2. The van der Waals surface area contributed by atoms with Gasteiger partial charge in [0.2, 0.25) is 0 Å². The number of hydrogen-bond donors (Lipinski definition) is 0. The van der Waals surface area contributed by atoms with E-state index in [1.54, 1.807) is 43.5 Å². The van der Waals surface area contributed by atoms with E-state index in [2.05, 4.69) is 15.9 Å². The summed E-state index contributed by atoms with van der Waals surface area (Å²) < 4.78 is 11.8. The average molecular weight is 465 g/mol. The number of benzene rings is 3. The lowest BCUT2D eigenvalue weighted by Crippen LogP contribution is -2.27. The second kappa shape index (κ2) is 8.71. The number of amides is 1. The van der Waals surface area contributed by atoms with Gasteiger partial charge in [-0.05, 0) is 48.0 Å². The topological polar surface area (TPSA) is 51.1 Å². The van der Waals surface area contributed by atoms with Crippen LogP contribution < -0.4 is 9.47 Å². The fraction of sp³-hybridized carbons (Fsp3) is 0.167. The zero-order chi connectivity index (χ0) is 21.1. The summed E-state index contributed by atoms with van der Waals surface area (Å²) in [6.07, 6.45) is 0.601. The maximum atomic E-state index is 13.4. The van der Waals surface area contributed by atoms with Crippen molar-refractivity contribution < 1.29 is 14.3 Å². The van der Waals surface area contributed by atoms with Crippen LogP contribution in [0.25, 0.3) is 0 Å². The van der Waals surface area contributed by atoms with Crippen LogP contribution in [0.1, 0.15) is 33.9 Å². The van der Waals surface area contributed by atoms with Crippen molar-refractivity contribution in [2.24, 2.45) is 5.10 Å². The van der Waals surface area contributed by atoms with E-state index in [1.807, 2.05) is 48.5 Å². The molecular formula is C24H21BrN2O3. The van der Waals surface area contributed by atoms with Gasteiger partial charge >= 0.3 is 0 Å². The first-order valence-electron chi connectivity index (χ1n) is 9.54. The van der Waals surface area contributed by atoms with Crippen LogP contribution in [0.5, 0.6) is 11.5 Å². The number of methoxy groups -OCH3 is 2. The van der Waals surface area contributed by atoms with E-state index in [9.17, 15) is 4.79 Å². The predicted molar refractivity (Wildman–Crippen MR) is 120 cm³/mol. The van der Waals surface area contributed by atoms with Crippen molar-refractivity contribution in [2.75, 3.05) is 14.2 Å². The first kappa shape index (κ1) is 20.2. The van der Waals surface area contributed by atoms with Crippen LogP contribution in [0.15, 0.2) is 82.4 Å². The molecule has 4 rings (SSSR count). The van der Waals surface area contributed by atoms with Crippen molar-refractivity contribution in [1.82, 2.24) is 5.01 Å². The van der Waals surface area contributed by atoms with E-state index in [1.165, 1.54) is 0 Å². The highest BCUT2D eigenvalue weighted by molar-refractivity contribution is 9.10. The zero-order valence-electron chi connectivity index (χ0n) is 16.7. The summed E-state index contributed by atoms with van der Waals surface area (Å²) in [6, 6.07) is 22.5. The molecule has 0 saturated carbocycles. The number of rotatable bonds is 5. The van der Waals surface area contributed by atoms with Crippen molar-refractivity contribution in [3.05, 3.63) is 94.0 Å². The SMILES string of the molecule is COc1ccc(C(=O)N2N=C(c3ccc(Br)cc3)C[C@@H]2c2ccccc2OC)cc1. The molecule has 1 heterocycles. The Hall–Kier alpha value is -3.12. The maximum Gasteiger partial charge on any atom is 0.274 e. The van der Waals surface area contributed by atoms with Crippen LogP contribution in [-0.2, 0) is 0 Å². The third-order valence-corrected chi connectivity index (χ3v) is 5.66. The van der Waals surface area contributed by atoms with E-state index in [-0.39, 0.29) is 11.9 Å². The summed E-state index contributed by atoms with van der Waals surface area (Å²) >= 11 is 3.47. The summed E-state index contributed by atoms with van der Waals surface area (Å²) in [6.45, 7) is 0. The van der Waals surface area contributed by atoms with Gasteiger partial charge in [0.1, 0.15) is 11.5 Å². The Balaban J connectivity index is 1.74. The predicted octanol–water partition coefficient (Wildman–Crippen LogP) is 5.46. The third kappa shape index (κ3) is 3.96. The standard InChI is InChI=1S/C24H21BrN2O3/c1-29-19-13-9-17(10-14-19)24(28)27-22(20-5-3-4-6-23(20)30-2)15-21(26-27)16-7-11-18(25)12-8-16/h3-14,22H,15H2,1-2H3/t22-/m1/s1. The summed E-state index contributed by atoms with van der Waals surface area (Å²) in [4.78, 5) is 13.4. The minimum absolute atomic E-state index is 0.166. The summed E-state index contributed by atoms with van der Waals surface area (Å²) in [5.74, 6) is 1.27. The second-order valence-corrected chi connectivity index (χ2v) is 7.81. The number of para-hydroxylation sites is 1. The molecule has 0 saturated heterocycles. The molecule has 0 spiro atoms. The molecular weight excluding hydrogens is 444 g/mol. The molecule has 1 aliphatic rings. The van der Waals surface area contributed by atoms with E-state index >= 15 is 0 Å². The van der Waals surface area contributed by atoms with Crippen molar-refractivity contribution in [2.45, 2.75) is 12.5 Å². The zero-order valence-corrected chi connectivity index (χ0v) is 18.3. The maximum absolute atomic E-state index is 13.4. The van der Waals surface area contributed by atoms with Gasteiger partial charge in [0.25, 0.3) is 5.91 Å². The molecule has 30 heavy (non-hydrogen) atoms. The smallest absolute Gasteiger partial charge is 0.274 e. The summed E-state index contributed by atoms with van der Waals surface area (Å²) in [7, 11) is 3.24. The summed E-state index contributed by atoms with van der Waals surface area (Å²) in [5, 5.41) is 6.30. The van der Waals surface area contributed by atoms with Crippen molar-refractivity contribution in [3.63, 3.8) is 0 Å². The van der Waals surface area contributed by atoms with Gasteiger partial charge in [-0.1, -0.05) is 46.3 Å². The number of carbonyl (C=O) groups is 1. The van der Waals surface area contributed by atoms with Gasteiger partial charge < -0.3 is 9.47 Å². The van der Waals surface area contributed by atoms with Crippen LogP contribution in [-0.4, -0.2) is 30.8 Å². The van der Waals surface area contributed by atoms with E-state index in [4.69, 9.17) is 14.6 Å². The Morgan fingerprint density at radius 2 is 1.67 bits per heavy atom. The Kier molecular flexibility index (Phi) is 5.86. The fourth-order valence-corrected chi connectivity index (χ4v) is 3.83. The molecule has 0 fully saturated rings. The number of hydrazone groups is 1. The Morgan fingerprint density at radius 1 is 0.967 bits per heavy atom. The number of halogens is 1. The first-order valence-corrected chi connectivity index (χ1v) is 10.3. The number of carbonyl (C=O) groups excluding carboxylic acids is 1. The molecule has 1 atom stereocenters. The van der Waals surface area contributed by atoms with Gasteiger partial charge in [0, 0.05) is 22.0 Å². The molecule has 1 aliphatic heterocycles. The van der Waals surface area contributed by atoms with E-state index in [0.717, 1.165) is 27.1 Å². The lowest BCUT2D eigenvalue weighted by molar-refractivity contribution is 0.0709. The monoisotopic (exact) mass is 464 g/mol. The fourth-order valence-electron chi connectivity index (χ4n) is 3.56. The molecule has 0 aliphatic carbocycles. The first-order chi connectivity index (χ1) is 14.6. The molecule has 0 aromatic heterocycles. The highest BCUT2D eigenvalue weighted by Gasteiger charge is 2.35. The van der Waals surface area contributed by atoms with Gasteiger partial charge in [-0.2, -0.15) is 5.10 Å². The number of hydrogen-bond acceptors (Lipinski definition) is 4. The number of ether oxygens (including phenoxy) is 2. The van der Waals surface area contributed by atoms with Crippen LogP contribution in [0.4, 0.5) is 0 Å². The lowest BCUT2D eigenvalue weighted by Gasteiger charge is -2.23. The molecule has 0 radical (unpaired) electrons. The van der Waals surface area contributed by atoms with Crippen LogP contribution in [0, 0.1) is 0 Å². The van der Waals surface area contributed by atoms with E-state index in [0.29, 0.717) is 17.7 Å². The largest absolute Gasteiger partial charge is 0.497 e. The lowest BCUT2D eigenvalue weighted by atomic mass is 9.97. The van der Waals surface area contributed by atoms with Gasteiger partial charge in [0.15, 0.2) is 0 Å². The highest BCUT2D eigenvalue weighted by atomic mass is 79.9. The van der Waals surface area contributed by atoms with Crippen LogP contribution in [0.3, 0.4) is 0 Å². The van der Waals surface area contributed by atoms with Crippen LogP contribution in [0.2, 0.25) is 0 Å². The molecule has 5 nitrogen and oxygen atoms in total. The molecule has 152 valence electrons. The van der Waals surface area contributed by atoms with Crippen molar-refractivity contribution in [3.8, 4) is 11.5 Å². The normalized spacial score (nSPS) is 15.6. The molecule has 0 bridgehead atoms. The Bertz CT molecular complexity index is 1080. The van der Waals surface area contributed by atoms with Gasteiger partial charge in [0.05, 0.1) is 26.0 Å². The molecule has 3 aromatic rings. The van der Waals surface area contributed by atoms with Gasteiger partial charge in [-0.25, -0.2) is 5.01 Å². The average Bonchev–Trinajstić information content (AvgIpc) is 3.24. The molecule has 0 N–H and O–H groups in total. The minimum atomic E-state index is -0.255. The van der Waals surface area contributed by atoms with E-state index < -0.39 is 0 Å². The molecule has 0 unspecified atom stereocenters. The highest BCUT2D eigenvalue weighted by Crippen LogP contribution is 2.38. The second-order valence-electron chi connectivity index (χ2n) is 6.89. The molecule has 6 heteroatoms. The molecule has 1 amide bonds. The minimum Gasteiger partial charge on any atom is -0.497 e. The van der Waals surface area contributed by atoms with Gasteiger partial charge in [-0.3, -0.25) is 4.79 Å².